The van der Waals surface area contributed by atoms with E-state index in [0.29, 0.717) is 0 Å². The molecule has 0 saturated carbocycles. The molecule has 0 amide bonds. The van der Waals surface area contributed by atoms with Gasteiger partial charge in [0.1, 0.15) is 17.3 Å². The number of para-hydroxylation sites is 1. The molecule has 0 fully saturated rings. The van der Waals surface area contributed by atoms with Gasteiger partial charge in [0.05, 0.1) is 5.88 Å². The Morgan fingerprint density at radius 3 is 2.50 bits per heavy atom. The Morgan fingerprint density at radius 2 is 1.93 bits per heavy atom. The standard InChI is InChI=1S/C8H8Cl2O3S/c9-5-6-13-7-3-1-2-4-8(7)14(10,11)12/h1-4H,5-6H2. The first kappa shape index (κ1) is 11.6. The summed E-state index contributed by atoms with van der Waals surface area (Å²) in [5, 5.41) is 0. The first-order valence-electron chi connectivity index (χ1n) is 3.78. The Bertz CT molecular complexity index is 403. The summed E-state index contributed by atoms with van der Waals surface area (Å²) >= 11 is 5.41. The first-order valence-corrected chi connectivity index (χ1v) is 6.62. The average Bonchev–Trinajstić information content (AvgIpc) is 2.14. The summed E-state index contributed by atoms with van der Waals surface area (Å²) in [5.41, 5.74) is 0. The van der Waals surface area contributed by atoms with Crippen LogP contribution in [-0.2, 0) is 9.05 Å². The Hall–Kier alpha value is -0.450. The molecule has 0 unspecified atom stereocenters. The van der Waals surface area contributed by atoms with Crippen LogP contribution in [0.1, 0.15) is 0 Å². The average molecular weight is 255 g/mol. The molecule has 14 heavy (non-hydrogen) atoms. The van der Waals surface area contributed by atoms with Crippen molar-refractivity contribution in [1.29, 1.82) is 0 Å². The Kier molecular flexibility index (Phi) is 4.04. The van der Waals surface area contributed by atoms with Gasteiger partial charge in [0.25, 0.3) is 9.05 Å². The molecule has 0 aliphatic heterocycles. The van der Waals surface area contributed by atoms with Gasteiger partial charge in [-0.2, -0.15) is 0 Å². The smallest absolute Gasteiger partial charge is 0.264 e. The lowest BCUT2D eigenvalue weighted by atomic mass is 10.3. The van der Waals surface area contributed by atoms with E-state index in [-0.39, 0.29) is 23.1 Å². The lowest BCUT2D eigenvalue weighted by Gasteiger charge is -2.07. The van der Waals surface area contributed by atoms with Crippen LogP contribution in [0, 0.1) is 0 Å². The molecular weight excluding hydrogens is 247 g/mol. The number of hydrogen-bond donors (Lipinski definition) is 0. The van der Waals surface area contributed by atoms with E-state index in [9.17, 15) is 8.42 Å². The van der Waals surface area contributed by atoms with E-state index >= 15 is 0 Å². The number of benzene rings is 1. The molecule has 0 heterocycles. The quantitative estimate of drug-likeness (QED) is 0.612. The maximum atomic E-state index is 11.1. The van der Waals surface area contributed by atoms with Gasteiger partial charge in [-0.25, -0.2) is 8.42 Å². The summed E-state index contributed by atoms with van der Waals surface area (Å²) < 4.78 is 27.3. The minimum Gasteiger partial charge on any atom is -0.491 e. The zero-order valence-electron chi connectivity index (χ0n) is 7.11. The topological polar surface area (TPSA) is 43.4 Å². The van der Waals surface area contributed by atoms with Crippen molar-refractivity contribution in [3.63, 3.8) is 0 Å². The SMILES string of the molecule is O=S(=O)(Cl)c1ccccc1OCCCl. The highest BCUT2D eigenvalue weighted by Crippen LogP contribution is 2.26. The lowest BCUT2D eigenvalue weighted by molar-refractivity contribution is 0.334. The Balaban J connectivity index is 3.04. The van der Waals surface area contributed by atoms with Crippen LogP contribution in [0.2, 0.25) is 0 Å². The largest absolute Gasteiger partial charge is 0.491 e. The summed E-state index contributed by atoms with van der Waals surface area (Å²) in [6.07, 6.45) is 0. The molecule has 0 saturated heterocycles. The predicted octanol–water partition coefficient (Wildman–Crippen LogP) is 2.23. The zero-order chi connectivity index (χ0) is 10.6. The molecule has 1 aromatic rings. The second-order valence-corrected chi connectivity index (χ2v) is 5.33. The Morgan fingerprint density at radius 1 is 1.29 bits per heavy atom. The van der Waals surface area contributed by atoms with Gasteiger partial charge in [-0.05, 0) is 12.1 Å². The fraction of sp³-hybridized carbons (Fsp3) is 0.250. The zero-order valence-corrected chi connectivity index (χ0v) is 9.44. The molecule has 0 aliphatic rings. The lowest BCUT2D eigenvalue weighted by Crippen LogP contribution is -2.02. The van der Waals surface area contributed by atoms with Gasteiger partial charge in [0.2, 0.25) is 0 Å². The highest BCUT2D eigenvalue weighted by atomic mass is 35.7. The van der Waals surface area contributed by atoms with Crippen molar-refractivity contribution >= 4 is 31.3 Å². The van der Waals surface area contributed by atoms with Crippen molar-refractivity contribution in [2.45, 2.75) is 4.90 Å². The molecule has 1 aromatic carbocycles. The van der Waals surface area contributed by atoms with Crippen molar-refractivity contribution in [3.8, 4) is 5.75 Å². The van der Waals surface area contributed by atoms with E-state index in [4.69, 9.17) is 27.0 Å². The first-order chi connectivity index (χ1) is 6.55. The van der Waals surface area contributed by atoms with Crippen LogP contribution < -0.4 is 4.74 Å². The molecule has 0 N–H and O–H groups in total. The van der Waals surface area contributed by atoms with Gasteiger partial charge in [0, 0.05) is 10.7 Å². The molecule has 78 valence electrons. The molecule has 0 spiro atoms. The van der Waals surface area contributed by atoms with Gasteiger partial charge >= 0.3 is 0 Å². The van der Waals surface area contributed by atoms with Crippen molar-refractivity contribution in [2.24, 2.45) is 0 Å². The molecule has 0 radical (unpaired) electrons. The number of ether oxygens (including phenoxy) is 1. The number of alkyl halides is 1. The van der Waals surface area contributed by atoms with E-state index < -0.39 is 9.05 Å². The summed E-state index contributed by atoms with van der Waals surface area (Å²) in [6, 6.07) is 6.14. The molecule has 0 atom stereocenters. The van der Waals surface area contributed by atoms with E-state index in [2.05, 4.69) is 0 Å². The molecule has 1 rings (SSSR count). The van der Waals surface area contributed by atoms with Crippen molar-refractivity contribution < 1.29 is 13.2 Å². The monoisotopic (exact) mass is 254 g/mol. The van der Waals surface area contributed by atoms with Crippen LogP contribution in [0.15, 0.2) is 29.2 Å². The van der Waals surface area contributed by atoms with Crippen LogP contribution in [-0.4, -0.2) is 20.9 Å². The molecule has 3 nitrogen and oxygen atoms in total. The van der Waals surface area contributed by atoms with E-state index in [0.717, 1.165) is 0 Å². The van der Waals surface area contributed by atoms with E-state index in [1.807, 2.05) is 0 Å². The second kappa shape index (κ2) is 4.87. The maximum absolute atomic E-state index is 11.1. The summed E-state index contributed by atoms with van der Waals surface area (Å²) in [4.78, 5) is -0.0354. The predicted molar refractivity (Wildman–Crippen MR) is 55.7 cm³/mol. The van der Waals surface area contributed by atoms with Gasteiger partial charge in [0.15, 0.2) is 0 Å². The van der Waals surface area contributed by atoms with Gasteiger partial charge in [-0.15, -0.1) is 11.6 Å². The van der Waals surface area contributed by atoms with Crippen LogP contribution in [0.5, 0.6) is 5.75 Å². The number of halogens is 2. The van der Waals surface area contributed by atoms with Gasteiger partial charge < -0.3 is 4.74 Å². The highest BCUT2D eigenvalue weighted by molar-refractivity contribution is 8.13. The normalized spacial score (nSPS) is 11.3. The summed E-state index contributed by atoms with van der Waals surface area (Å²) in [5.74, 6) is 0.513. The van der Waals surface area contributed by atoms with Gasteiger partial charge in [-0.3, -0.25) is 0 Å². The fourth-order valence-corrected chi connectivity index (χ4v) is 1.99. The fourth-order valence-electron chi connectivity index (χ4n) is 0.919. The third-order valence-electron chi connectivity index (χ3n) is 1.45. The maximum Gasteiger partial charge on any atom is 0.264 e. The summed E-state index contributed by atoms with van der Waals surface area (Å²) in [7, 11) is 1.44. The van der Waals surface area contributed by atoms with Gasteiger partial charge in [-0.1, -0.05) is 12.1 Å². The molecule has 0 aromatic heterocycles. The second-order valence-electron chi connectivity index (χ2n) is 2.42. The molecule has 0 aliphatic carbocycles. The van der Waals surface area contributed by atoms with Crippen molar-refractivity contribution in [1.82, 2.24) is 0 Å². The highest BCUT2D eigenvalue weighted by Gasteiger charge is 2.15. The summed E-state index contributed by atoms with van der Waals surface area (Å²) in [6.45, 7) is 0.241. The third-order valence-corrected chi connectivity index (χ3v) is 2.96. The molecule has 6 heteroatoms. The third kappa shape index (κ3) is 3.04. The molecular formula is C8H8Cl2O3S. The van der Waals surface area contributed by atoms with Crippen LogP contribution in [0.25, 0.3) is 0 Å². The van der Waals surface area contributed by atoms with Crippen LogP contribution in [0.4, 0.5) is 0 Å². The van der Waals surface area contributed by atoms with E-state index in [1.54, 1.807) is 12.1 Å². The van der Waals surface area contributed by atoms with E-state index in [1.165, 1.54) is 12.1 Å². The van der Waals surface area contributed by atoms with Crippen molar-refractivity contribution in [3.05, 3.63) is 24.3 Å². The minimum absolute atomic E-state index is 0.0354. The minimum atomic E-state index is -3.76. The Labute approximate surface area is 92.0 Å². The number of hydrogen-bond acceptors (Lipinski definition) is 3. The van der Waals surface area contributed by atoms with Crippen LogP contribution in [0.3, 0.4) is 0 Å². The van der Waals surface area contributed by atoms with Crippen molar-refractivity contribution in [2.75, 3.05) is 12.5 Å². The molecule has 0 bridgehead atoms. The number of rotatable bonds is 4. The van der Waals surface area contributed by atoms with Crippen LogP contribution >= 0.6 is 22.3 Å².